The van der Waals surface area contributed by atoms with Crippen LogP contribution in [0.15, 0.2) is 12.1 Å². The first-order chi connectivity index (χ1) is 9.66. The van der Waals surface area contributed by atoms with Crippen LogP contribution in [0.2, 0.25) is 10.0 Å². The fourth-order valence-corrected chi connectivity index (χ4v) is 2.49. The molecule has 1 heterocycles. The van der Waals surface area contributed by atoms with E-state index in [9.17, 15) is 13.2 Å². The molecule has 4 nitrogen and oxygen atoms in total. The molecule has 0 spiro atoms. The summed E-state index contributed by atoms with van der Waals surface area (Å²) in [4.78, 5) is 0. The number of halogens is 5. The highest BCUT2D eigenvalue weighted by molar-refractivity contribution is 7.71. The summed E-state index contributed by atoms with van der Waals surface area (Å²) in [5.74, 6) is -1.16. The molecule has 0 aliphatic carbocycles. The van der Waals surface area contributed by atoms with Crippen LogP contribution in [0.3, 0.4) is 0 Å². The van der Waals surface area contributed by atoms with E-state index in [1.54, 1.807) is 7.05 Å². The summed E-state index contributed by atoms with van der Waals surface area (Å²) < 4.78 is 40.8. The second kappa shape index (κ2) is 5.51. The molecule has 0 unspecified atom stereocenters. The third kappa shape index (κ3) is 2.88. The van der Waals surface area contributed by atoms with Crippen LogP contribution in [0.25, 0.3) is 5.69 Å². The Morgan fingerprint density at radius 1 is 1.24 bits per heavy atom. The molecule has 2 aromatic rings. The predicted molar refractivity (Wildman–Crippen MR) is 77.9 cm³/mol. The minimum absolute atomic E-state index is 0.0195. The molecule has 0 aliphatic heterocycles. The number of aromatic nitrogens is 3. The lowest BCUT2D eigenvalue weighted by Gasteiger charge is -2.13. The van der Waals surface area contributed by atoms with Gasteiger partial charge in [0.15, 0.2) is 0 Å². The molecule has 1 N–H and O–H groups in total. The Balaban J connectivity index is 2.79. The number of aryl methyl sites for hydroxylation is 1. The molecule has 1 aromatic heterocycles. The van der Waals surface area contributed by atoms with Gasteiger partial charge in [0.25, 0.3) is 0 Å². The van der Waals surface area contributed by atoms with Crippen molar-refractivity contribution in [3.63, 3.8) is 0 Å². The molecule has 0 saturated carbocycles. The van der Waals surface area contributed by atoms with Crippen LogP contribution in [0.1, 0.15) is 5.82 Å². The van der Waals surface area contributed by atoms with Crippen molar-refractivity contribution in [3.8, 4) is 5.69 Å². The van der Waals surface area contributed by atoms with Crippen molar-refractivity contribution >= 4 is 41.1 Å². The predicted octanol–water partition coefficient (Wildman–Crippen LogP) is 4.31. The Bertz CT molecular complexity index is 751. The van der Waals surface area contributed by atoms with E-state index in [0.717, 1.165) is 9.25 Å². The minimum atomic E-state index is -4.67. The van der Waals surface area contributed by atoms with Crippen molar-refractivity contribution in [2.75, 3.05) is 12.4 Å². The number of anilines is 1. The molecule has 0 fully saturated rings. The van der Waals surface area contributed by atoms with Crippen LogP contribution in [-0.2, 0) is 13.2 Å². The maximum Gasteiger partial charge on any atom is 0.452 e. The number of hydrogen-bond donors (Lipinski definition) is 1. The van der Waals surface area contributed by atoms with E-state index in [1.165, 1.54) is 19.2 Å². The molecule has 2 rings (SSSR count). The minimum Gasteiger partial charge on any atom is -0.387 e. The number of nitrogens with zero attached hydrogens (tertiary/aromatic N) is 3. The first-order valence-corrected chi connectivity index (χ1v) is 6.73. The van der Waals surface area contributed by atoms with Gasteiger partial charge in [0.2, 0.25) is 10.6 Å². The molecule has 0 amide bonds. The molecule has 0 saturated heterocycles. The van der Waals surface area contributed by atoms with Crippen LogP contribution >= 0.6 is 35.4 Å². The van der Waals surface area contributed by atoms with Gasteiger partial charge in [-0.1, -0.05) is 23.2 Å². The summed E-state index contributed by atoms with van der Waals surface area (Å²) in [6.07, 6.45) is -4.67. The summed E-state index contributed by atoms with van der Waals surface area (Å²) in [6, 6.07) is 2.73. The summed E-state index contributed by atoms with van der Waals surface area (Å²) >= 11 is 17.0. The third-order valence-corrected chi connectivity index (χ3v) is 3.79. The molecule has 0 radical (unpaired) electrons. The van der Waals surface area contributed by atoms with Gasteiger partial charge < -0.3 is 5.32 Å². The summed E-state index contributed by atoms with van der Waals surface area (Å²) in [7, 11) is 2.94. The quantitative estimate of drug-likeness (QED) is 0.814. The average Bonchev–Trinajstić information content (AvgIpc) is 2.68. The van der Waals surface area contributed by atoms with Gasteiger partial charge in [-0.15, -0.1) is 5.10 Å². The highest BCUT2D eigenvalue weighted by Gasteiger charge is 2.39. The van der Waals surface area contributed by atoms with Crippen molar-refractivity contribution in [1.82, 2.24) is 14.3 Å². The van der Waals surface area contributed by atoms with Crippen LogP contribution < -0.4 is 5.32 Å². The van der Waals surface area contributed by atoms with Gasteiger partial charge in [-0.25, -0.2) is 4.68 Å². The smallest absolute Gasteiger partial charge is 0.387 e. The summed E-state index contributed by atoms with van der Waals surface area (Å²) in [5.41, 5.74) is 0.514. The zero-order valence-corrected chi connectivity index (χ0v) is 13.1. The van der Waals surface area contributed by atoms with E-state index in [1.807, 2.05) is 0 Å². The van der Waals surface area contributed by atoms with Crippen LogP contribution in [0.5, 0.6) is 0 Å². The lowest BCUT2D eigenvalue weighted by Crippen LogP contribution is -2.14. The zero-order chi connectivity index (χ0) is 15.9. The Hall–Kier alpha value is -1.25. The molecular formula is C11H9Cl2F3N4S. The van der Waals surface area contributed by atoms with Crippen LogP contribution in [0.4, 0.5) is 18.9 Å². The maximum absolute atomic E-state index is 13.1. The van der Waals surface area contributed by atoms with Gasteiger partial charge in [0.1, 0.15) is 0 Å². The molecule has 114 valence electrons. The fourth-order valence-electron chi connectivity index (χ4n) is 1.76. The molecule has 0 aliphatic rings. The Morgan fingerprint density at radius 2 is 1.86 bits per heavy atom. The topological polar surface area (TPSA) is 34.8 Å². The zero-order valence-electron chi connectivity index (χ0n) is 10.8. The van der Waals surface area contributed by atoms with Crippen molar-refractivity contribution in [2.24, 2.45) is 7.05 Å². The first-order valence-electron chi connectivity index (χ1n) is 5.57. The molecule has 10 heteroatoms. The highest BCUT2D eigenvalue weighted by atomic mass is 35.5. The van der Waals surface area contributed by atoms with Gasteiger partial charge in [0, 0.05) is 14.1 Å². The van der Waals surface area contributed by atoms with Gasteiger partial charge in [-0.2, -0.15) is 13.2 Å². The largest absolute Gasteiger partial charge is 0.452 e. The third-order valence-electron chi connectivity index (χ3n) is 2.72. The molecule has 1 aromatic carbocycles. The highest BCUT2D eigenvalue weighted by Crippen LogP contribution is 2.35. The summed E-state index contributed by atoms with van der Waals surface area (Å²) in [5, 5.41) is 6.48. The number of rotatable bonds is 2. The Morgan fingerprint density at radius 3 is 2.38 bits per heavy atom. The van der Waals surface area contributed by atoms with Crippen LogP contribution in [-0.4, -0.2) is 21.4 Å². The molecule has 0 atom stereocenters. The standard InChI is InChI=1S/C11H9Cl2F3N4S/c1-17-7-3-6(13)8(4-5(7)12)20-9(11(14,15)16)18-19(2)10(20)21/h3-4,17H,1-2H3. The lowest BCUT2D eigenvalue weighted by atomic mass is 10.2. The van der Waals surface area contributed by atoms with E-state index in [4.69, 9.17) is 35.4 Å². The monoisotopic (exact) mass is 356 g/mol. The molecule has 0 bridgehead atoms. The van der Waals surface area contributed by atoms with Gasteiger partial charge in [0.05, 0.1) is 21.4 Å². The Kier molecular flexibility index (Phi) is 4.23. The van der Waals surface area contributed by atoms with Crippen molar-refractivity contribution < 1.29 is 13.2 Å². The average molecular weight is 357 g/mol. The number of benzene rings is 1. The number of nitrogens with one attached hydrogen (secondary N) is 1. The normalized spacial score (nSPS) is 11.8. The summed E-state index contributed by atoms with van der Waals surface area (Å²) in [6.45, 7) is 0. The van der Waals surface area contributed by atoms with Crippen molar-refractivity contribution in [3.05, 3.63) is 32.8 Å². The van der Waals surface area contributed by atoms with E-state index in [-0.39, 0.29) is 20.5 Å². The van der Waals surface area contributed by atoms with Gasteiger partial charge >= 0.3 is 6.18 Å². The fraction of sp³-hybridized carbons (Fsp3) is 0.273. The molecule has 21 heavy (non-hydrogen) atoms. The maximum atomic E-state index is 13.1. The number of alkyl halides is 3. The Labute approximate surface area is 133 Å². The lowest BCUT2D eigenvalue weighted by molar-refractivity contribution is -0.146. The van der Waals surface area contributed by atoms with Gasteiger partial charge in [-0.05, 0) is 24.4 Å². The van der Waals surface area contributed by atoms with Crippen LogP contribution in [0, 0.1) is 4.77 Å². The van der Waals surface area contributed by atoms with E-state index in [0.29, 0.717) is 5.69 Å². The first kappa shape index (κ1) is 16.1. The van der Waals surface area contributed by atoms with E-state index < -0.39 is 12.0 Å². The van der Waals surface area contributed by atoms with E-state index >= 15 is 0 Å². The van der Waals surface area contributed by atoms with Gasteiger partial charge in [-0.3, -0.25) is 4.57 Å². The van der Waals surface area contributed by atoms with E-state index in [2.05, 4.69) is 10.4 Å². The SMILES string of the molecule is CNc1cc(Cl)c(-n2c(C(F)(F)F)nn(C)c2=S)cc1Cl. The van der Waals surface area contributed by atoms with Crippen molar-refractivity contribution in [1.29, 1.82) is 0 Å². The second-order valence-electron chi connectivity index (χ2n) is 4.10. The number of hydrogen-bond acceptors (Lipinski definition) is 3. The molecular weight excluding hydrogens is 348 g/mol. The van der Waals surface area contributed by atoms with Crippen molar-refractivity contribution in [2.45, 2.75) is 6.18 Å². The second-order valence-corrected chi connectivity index (χ2v) is 5.28.